The molecule has 0 bridgehead atoms. The minimum absolute atomic E-state index is 0.0149. The third kappa shape index (κ3) is 2.21. The lowest BCUT2D eigenvalue weighted by Crippen LogP contribution is -2.09. The van der Waals surface area contributed by atoms with E-state index in [2.05, 4.69) is 15.3 Å². The molecule has 0 saturated carbocycles. The smallest absolute Gasteiger partial charge is 0.224 e. The number of hydrogen-bond donors (Lipinski definition) is 3. The summed E-state index contributed by atoms with van der Waals surface area (Å²) in [6, 6.07) is 0. The molecule has 0 aliphatic carbocycles. The number of nitrogens with zero attached hydrogens (tertiary/aromatic N) is 2. The third-order valence-corrected chi connectivity index (χ3v) is 1.37. The molecule has 0 aliphatic heterocycles. The van der Waals surface area contributed by atoms with E-state index in [-0.39, 0.29) is 11.9 Å². The molecule has 0 unspecified atom stereocenters. The Morgan fingerprint density at radius 1 is 1.67 bits per heavy atom. The number of aromatic nitrogens is 2. The van der Waals surface area contributed by atoms with Gasteiger partial charge in [0, 0.05) is 6.54 Å². The van der Waals surface area contributed by atoms with Gasteiger partial charge >= 0.3 is 0 Å². The Morgan fingerprint density at radius 3 is 3.08 bits per heavy atom. The van der Waals surface area contributed by atoms with E-state index in [1.807, 2.05) is 0 Å². The van der Waals surface area contributed by atoms with E-state index in [1.165, 1.54) is 6.20 Å². The summed E-state index contributed by atoms with van der Waals surface area (Å²) >= 11 is 5.52. The summed E-state index contributed by atoms with van der Waals surface area (Å²) in [5, 5.41) is 11.4. The molecule has 0 saturated heterocycles. The van der Waals surface area contributed by atoms with Gasteiger partial charge in [0.25, 0.3) is 0 Å². The van der Waals surface area contributed by atoms with E-state index >= 15 is 0 Å². The maximum absolute atomic E-state index is 8.51. The van der Waals surface area contributed by atoms with Gasteiger partial charge in [0.15, 0.2) is 5.82 Å². The summed E-state index contributed by atoms with van der Waals surface area (Å²) in [4.78, 5) is 7.49. The van der Waals surface area contributed by atoms with E-state index in [0.717, 1.165) is 0 Å². The number of nitrogens with two attached hydrogens (primary N) is 1. The first-order chi connectivity index (χ1) is 5.74. The molecule has 66 valence electrons. The maximum Gasteiger partial charge on any atom is 0.224 e. The monoisotopic (exact) mass is 188 g/mol. The molecule has 6 heteroatoms. The van der Waals surface area contributed by atoms with Gasteiger partial charge in [0.2, 0.25) is 5.28 Å². The Kier molecular flexibility index (Phi) is 3.07. The number of aliphatic hydroxyl groups excluding tert-OH is 1. The SMILES string of the molecule is Nc1cnc(Cl)nc1NCCO. The van der Waals surface area contributed by atoms with Crippen molar-refractivity contribution < 1.29 is 5.11 Å². The van der Waals surface area contributed by atoms with Crippen LogP contribution in [0.25, 0.3) is 0 Å². The molecule has 1 aromatic heterocycles. The van der Waals surface area contributed by atoms with E-state index in [4.69, 9.17) is 22.4 Å². The average molecular weight is 189 g/mol. The van der Waals surface area contributed by atoms with Crippen molar-refractivity contribution in [1.29, 1.82) is 0 Å². The molecule has 0 amide bonds. The second-order valence-corrected chi connectivity index (χ2v) is 2.43. The van der Waals surface area contributed by atoms with E-state index < -0.39 is 0 Å². The van der Waals surface area contributed by atoms with Crippen molar-refractivity contribution >= 4 is 23.1 Å². The Balaban J connectivity index is 2.75. The molecule has 0 atom stereocenters. The summed E-state index contributed by atoms with van der Waals surface area (Å²) in [5.74, 6) is 0.448. The zero-order valence-electron chi connectivity index (χ0n) is 6.29. The second-order valence-electron chi connectivity index (χ2n) is 2.09. The molecule has 12 heavy (non-hydrogen) atoms. The molecule has 0 spiro atoms. The first-order valence-corrected chi connectivity index (χ1v) is 3.74. The quantitative estimate of drug-likeness (QED) is 0.587. The molecule has 0 fully saturated rings. The fraction of sp³-hybridized carbons (Fsp3) is 0.333. The first-order valence-electron chi connectivity index (χ1n) is 3.37. The molecule has 0 aliphatic rings. The standard InChI is InChI=1S/C6H9ClN4O/c7-6-10-3-4(8)5(11-6)9-1-2-12/h3,12H,1-2,8H2,(H,9,10,11). The lowest BCUT2D eigenvalue weighted by molar-refractivity contribution is 0.311. The number of anilines is 2. The van der Waals surface area contributed by atoms with Crippen molar-refractivity contribution in [3.8, 4) is 0 Å². The van der Waals surface area contributed by atoms with E-state index in [9.17, 15) is 0 Å². The Bertz CT molecular complexity index is 268. The molecule has 0 radical (unpaired) electrons. The summed E-state index contributed by atoms with van der Waals surface area (Å²) in [7, 11) is 0. The van der Waals surface area contributed by atoms with Gasteiger partial charge in [-0.3, -0.25) is 0 Å². The summed E-state index contributed by atoms with van der Waals surface area (Å²) in [5.41, 5.74) is 5.91. The fourth-order valence-corrected chi connectivity index (χ4v) is 0.819. The van der Waals surface area contributed by atoms with Gasteiger partial charge < -0.3 is 16.2 Å². The average Bonchev–Trinajstić information content (AvgIpc) is 2.07. The van der Waals surface area contributed by atoms with Crippen LogP contribution >= 0.6 is 11.6 Å². The van der Waals surface area contributed by atoms with Gasteiger partial charge in [0.05, 0.1) is 18.5 Å². The van der Waals surface area contributed by atoms with E-state index in [1.54, 1.807) is 0 Å². The molecule has 5 nitrogen and oxygen atoms in total. The van der Waals surface area contributed by atoms with Crippen molar-refractivity contribution in [3.63, 3.8) is 0 Å². The number of aliphatic hydroxyl groups is 1. The zero-order chi connectivity index (χ0) is 8.97. The Morgan fingerprint density at radius 2 is 2.42 bits per heavy atom. The minimum Gasteiger partial charge on any atom is -0.395 e. The zero-order valence-corrected chi connectivity index (χ0v) is 7.04. The topological polar surface area (TPSA) is 84.1 Å². The molecular formula is C6H9ClN4O. The Labute approximate surface area is 74.6 Å². The van der Waals surface area contributed by atoms with Crippen LogP contribution in [0.3, 0.4) is 0 Å². The van der Waals surface area contributed by atoms with Crippen LogP contribution in [-0.2, 0) is 0 Å². The van der Waals surface area contributed by atoms with Crippen LogP contribution in [0.15, 0.2) is 6.20 Å². The van der Waals surface area contributed by atoms with Gasteiger partial charge in [-0.25, -0.2) is 4.98 Å². The summed E-state index contributed by atoms with van der Waals surface area (Å²) in [6.45, 7) is 0.401. The first kappa shape index (κ1) is 9.02. The van der Waals surface area contributed by atoms with Crippen LogP contribution < -0.4 is 11.1 Å². The predicted octanol–water partition coefficient (Wildman–Crippen LogP) is 0.116. The fourth-order valence-electron chi connectivity index (χ4n) is 0.686. The highest BCUT2D eigenvalue weighted by molar-refractivity contribution is 6.28. The third-order valence-electron chi connectivity index (χ3n) is 1.19. The van der Waals surface area contributed by atoms with Gasteiger partial charge in [0.1, 0.15) is 0 Å². The summed E-state index contributed by atoms with van der Waals surface area (Å²) in [6.07, 6.45) is 1.41. The van der Waals surface area contributed by atoms with Crippen molar-refractivity contribution in [2.24, 2.45) is 0 Å². The van der Waals surface area contributed by atoms with Crippen LogP contribution in [0.4, 0.5) is 11.5 Å². The number of halogens is 1. The molecule has 1 rings (SSSR count). The normalized spacial score (nSPS) is 9.83. The molecule has 0 aromatic carbocycles. The minimum atomic E-state index is 0.0149. The van der Waals surface area contributed by atoms with Gasteiger partial charge in [-0.05, 0) is 11.6 Å². The lowest BCUT2D eigenvalue weighted by Gasteiger charge is -2.05. The molecule has 1 heterocycles. The van der Waals surface area contributed by atoms with E-state index in [0.29, 0.717) is 18.1 Å². The number of nitrogens with one attached hydrogen (secondary N) is 1. The highest BCUT2D eigenvalue weighted by atomic mass is 35.5. The number of rotatable bonds is 3. The number of nitrogen functional groups attached to an aromatic ring is 1. The van der Waals surface area contributed by atoms with Crippen LogP contribution in [0.2, 0.25) is 5.28 Å². The van der Waals surface area contributed by atoms with Crippen LogP contribution in [0.1, 0.15) is 0 Å². The molecule has 4 N–H and O–H groups in total. The highest BCUT2D eigenvalue weighted by Crippen LogP contribution is 2.14. The Hall–Kier alpha value is -1.07. The molecule has 1 aromatic rings. The van der Waals surface area contributed by atoms with Crippen molar-refractivity contribution in [1.82, 2.24) is 9.97 Å². The van der Waals surface area contributed by atoms with Crippen LogP contribution in [-0.4, -0.2) is 28.2 Å². The van der Waals surface area contributed by atoms with Crippen molar-refractivity contribution in [3.05, 3.63) is 11.5 Å². The number of hydrogen-bond acceptors (Lipinski definition) is 5. The van der Waals surface area contributed by atoms with Crippen LogP contribution in [0, 0.1) is 0 Å². The largest absolute Gasteiger partial charge is 0.395 e. The maximum atomic E-state index is 8.51. The summed E-state index contributed by atoms with van der Waals surface area (Å²) < 4.78 is 0. The van der Waals surface area contributed by atoms with Gasteiger partial charge in [-0.2, -0.15) is 4.98 Å². The predicted molar refractivity (Wildman–Crippen MR) is 47.0 cm³/mol. The van der Waals surface area contributed by atoms with Gasteiger partial charge in [-0.15, -0.1) is 0 Å². The van der Waals surface area contributed by atoms with Crippen LogP contribution in [0.5, 0.6) is 0 Å². The van der Waals surface area contributed by atoms with Gasteiger partial charge in [-0.1, -0.05) is 0 Å². The molecular weight excluding hydrogens is 180 g/mol. The van der Waals surface area contributed by atoms with Crippen molar-refractivity contribution in [2.45, 2.75) is 0 Å². The highest BCUT2D eigenvalue weighted by Gasteiger charge is 2.00. The van der Waals surface area contributed by atoms with Crippen molar-refractivity contribution in [2.75, 3.05) is 24.2 Å². The lowest BCUT2D eigenvalue weighted by atomic mass is 10.5. The second kappa shape index (κ2) is 4.08.